The summed E-state index contributed by atoms with van der Waals surface area (Å²) in [5.74, 6) is -0.110. The molecule has 1 N–H and O–H groups in total. The highest BCUT2D eigenvalue weighted by Gasteiger charge is 2.38. The normalized spacial score (nSPS) is 15.4. The Hall–Kier alpha value is -2.86. The van der Waals surface area contributed by atoms with Crippen LogP contribution in [0.4, 0.5) is 5.69 Å². The lowest BCUT2D eigenvalue weighted by Crippen LogP contribution is -2.26. The summed E-state index contributed by atoms with van der Waals surface area (Å²) >= 11 is 0. The van der Waals surface area contributed by atoms with Crippen LogP contribution in [0.5, 0.6) is 0 Å². The average Bonchev–Trinajstić information content (AvgIpc) is 2.54. The molecule has 3 nitrogen and oxygen atoms in total. The Morgan fingerprint density at radius 1 is 1.17 bits per heavy atom. The number of anilines is 1. The minimum Gasteiger partial charge on any atom is -0.326 e. The lowest BCUT2D eigenvalue weighted by molar-refractivity contribution is -0.114. The Morgan fingerprint density at radius 2 is 1.88 bits per heavy atom. The van der Waals surface area contributed by atoms with E-state index in [0.29, 0.717) is 5.56 Å². The summed E-state index contributed by atoms with van der Waals surface area (Å²) in [5.41, 5.74) is 6.07. The van der Waals surface area contributed by atoms with Crippen molar-refractivity contribution in [1.82, 2.24) is 0 Å². The van der Waals surface area contributed by atoms with Gasteiger partial charge in [-0.05, 0) is 46.7 Å². The number of allylic oxidation sites excluding steroid dienone is 2. The fourth-order valence-electron chi connectivity index (χ4n) is 3.48. The van der Waals surface area contributed by atoms with Gasteiger partial charge in [0, 0.05) is 18.2 Å². The Kier molecular flexibility index (Phi) is 3.99. The summed E-state index contributed by atoms with van der Waals surface area (Å²) < 4.78 is 0. The van der Waals surface area contributed by atoms with Gasteiger partial charge in [-0.25, -0.2) is 0 Å². The van der Waals surface area contributed by atoms with E-state index in [0.717, 1.165) is 17.7 Å². The van der Waals surface area contributed by atoms with Gasteiger partial charge in [-0.2, -0.15) is 5.26 Å². The van der Waals surface area contributed by atoms with E-state index in [9.17, 15) is 10.1 Å². The van der Waals surface area contributed by atoms with Crippen LogP contribution in [0.15, 0.2) is 48.5 Å². The van der Waals surface area contributed by atoms with E-state index in [4.69, 9.17) is 0 Å². The minimum absolute atomic E-state index is 0.0762. The van der Waals surface area contributed by atoms with E-state index in [-0.39, 0.29) is 11.3 Å². The van der Waals surface area contributed by atoms with Crippen molar-refractivity contribution >= 4 is 22.7 Å². The van der Waals surface area contributed by atoms with Crippen LogP contribution in [-0.4, -0.2) is 5.91 Å². The molecule has 24 heavy (non-hydrogen) atoms. The lowest BCUT2D eigenvalue weighted by Gasteiger charge is -2.42. The maximum absolute atomic E-state index is 11.5. The molecule has 0 fully saturated rings. The molecule has 2 aromatic rings. The van der Waals surface area contributed by atoms with E-state index < -0.39 is 0 Å². The molecule has 1 aliphatic carbocycles. The third-order valence-electron chi connectivity index (χ3n) is 4.44. The summed E-state index contributed by atoms with van der Waals surface area (Å²) in [7, 11) is 0. The highest BCUT2D eigenvalue weighted by Crippen LogP contribution is 2.56. The summed E-state index contributed by atoms with van der Waals surface area (Å²) in [6.07, 6.45) is 0.915. The van der Waals surface area contributed by atoms with Crippen molar-refractivity contribution < 1.29 is 4.79 Å². The van der Waals surface area contributed by atoms with Crippen LogP contribution in [0.25, 0.3) is 11.1 Å². The van der Waals surface area contributed by atoms with Gasteiger partial charge in [0.15, 0.2) is 0 Å². The molecule has 1 amide bonds. The zero-order valence-electron chi connectivity index (χ0n) is 14.2. The van der Waals surface area contributed by atoms with Crippen LogP contribution in [-0.2, 0) is 4.79 Å². The quantitative estimate of drug-likeness (QED) is 0.879. The number of nitriles is 1. The minimum atomic E-state index is -0.110. The average molecular weight is 316 g/mol. The van der Waals surface area contributed by atoms with Crippen LogP contribution in [0.1, 0.15) is 43.9 Å². The Balaban J connectivity index is 2.20. The molecule has 0 spiro atoms. The largest absolute Gasteiger partial charge is 0.326 e. The van der Waals surface area contributed by atoms with Crippen LogP contribution in [0.3, 0.4) is 0 Å². The first-order valence-electron chi connectivity index (χ1n) is 8.03. The van der Waals surface area contributed by atoms with Crippen molar-refractivity contribution in [2.24, 2.45) is 5.41 Å². The molecule has 2 aromatic carbocycles. The lowest BCUT2D eigenvalue weighted by atomic mass is 9.62. The van der Waals surface area contributed by atoms with Crippen molar-refractivity contribution in [3.63, 3.8) is 0 Å². The van der Waals surface area contributed by atoms with Gasteiger partial charge < -0.3 is 5.32 Å². The molecule has 3 rings (SSSR count). The third kappa shape index (κ3) is 2.83. The van der Waals surface area contributed by atoms with Gasteiger partial charge in [0.25, 0.3) is 0 Å². The maximum Gasteiger partial charge on any atom is 0.221 e. The van der Waals surface area contributed by atoms with Crippen LogP contribution < -0.4 is 5.32 Å². The van der Waals surface area contributed by atoms with Crippen LogP contribution >= 0.6 is 0 Å². The molecular formula is C21H20N2O. The molecule has 0 heterocycles. The number of carbonyl (C=O) groups is 1. The van der Waals surface area contributed by atoms with Crippen molar-refractivity contribution in [3.05, 3.63) is 65.2 Å². The Bertz CT molecular complexity index is 870. The van der Waals surface area contributed by atoms with Gasteiger partial charge in [-0.3, -0.25) is 4.79 Å². The van der Waals surface area contributed by atoms with E-state index >= 15 is 0 Å². The van der Waals surface area contributed by atoms with Crippen LogP contribution in [0, 0.1) is 16.7 Å². The Labute approximate surface area is 142 Å². The van der Waals surface area contributed by atoms with Crippen LogP contribution in [0.2, 0.25) is 0 Å². The van der Waals surface area contributed by atoms with Crippen molar-refractivity contribution in [2.75, 3.05) is 5.32 Å². The number of nitrogens with zero attached hydrogens (tertiary/aromatic N) is 1. The van der Waals surface area contributed by atoms with Crippen molar-refractivity contribution in [2.45, 2.75) is 27.2 Å². The Morgan fingerprint density at radius 3 is 2.46 bits per heavy atom. The zero-order valence-corrected chi connectivity index (χ0v) is 14.2. The molecule has 0 bridgehead atoms. The molecule has 1 aliphatic rings. The molecule has 3 heteroatoms. The van der Waals surface area contributed by atoms with E-state index in [1.54, 1.807) is 6.07 Å². The fraction of sp³-hybridized carbons (Fsp3) is 0.238. The topological polar surface area (TPSA) is 52.9 Å². The van der Waals surface area contributed by atoms with Gasteiger partial charge in [-0.1, -0.05) is 44.2 Å². The predicted molar refractivity (Wildman–Crippen MR) is 97.1 cm³/mol. The second kappa shape index (κ2) is 5.98. The van der Waals surface area contributed by atoms with Crippen molar-refractivity contribution in [1.29, 1.82) is 5.26 Å². The SMILES string of the molecule is CC(=O)Nc1ccc(C#N)cc1C1=C(c2ccccc2)C(C)(C)C1. The molecule has 0 unspecified atom stereocenters. The molecule has 0 aliphatic heterocycles. The van der Waals surface area contributed by atoms with E-state index in [1.807, 2.05) is 30.3 Å². The third-order valence-corrected chi connectivity index (χ3v) is 4.44. The number of hydrogen-bond donors (Lipinski definition) is 1. The van der Waals surface area contributed by atoms with Gasteiger partial charge >= 0.3 is 0 Å². The summed E-state index contributed by atoms with van der Waals surface area (Å²) in [5, 5.41) is 12.1. The van der Waals surface area contributed by atoms with Gasteiger partial charge in [0.1, 0.15) is 0 Å². The first kappa shape index (κ1) is 16.0. The molecule has 0 saturated heterocycles. The molecule has 0 atom stereocenters. The maximum atomic E-state index is 11.5. The van der Waals surface area contributed by atoms with Gasteiger partial charge in [-0.15, -0.1) is 0 Å². The molecule has 0 radical (unpaired) electrons. The molecule has 120 valence electrons. The highest BCUT2D eigenvalue weighted by molar-refractivity contribution is 6.04. The van der Waals surface area contributed by atoms with Gasteiger partial charge in [0.2, 0.25) is 5.91 Å². The number of carbonyl (C=O) groups excluding carboxylic acids is 1. The monoisotopic (exact) mass is 316 g/mol. The van der Waals surface area contributed by atoms with E-state index in [1.165, 1.54) is 23.6 Å². The number of benzene rings is 2. The number of rotatable bonds is 3. The molecule has 0 saturated carbocycles. The number of hydrogen-bond acceptors (Lipinski definition) is 2. The number of amides is 1. The first-order chi connectivity index (χ1) is 11.4. The van der Waals surface area contributed by atoms with Crippen molar-refractivity contribution in [3.8, 4) is 6.07 Å². The summed E-state index contributed by atoms with van der Waals surface area (Å²) in [6.45, 7) is 5.95. The second-order valence-electron chi connectivity index (χ2n) is 6.83. The zero-order chi connectivity index (χ0) is 17.3. The summed E-state index contributed by atoms with van der Waals surface area (Å²) in [4.78, 5) is 11.5. The molecule has 0 aromatic heterocycles. The van der Waals surface area contributed by atoms with Gasteiger partial charge in [0.05, 0.1) is 11.6 Å². The van der Waals surface area contributed by atoms with E-state index in [2.05, 4.69) is 37.4 Å². The number of nitrogens with one attached hydrogen (secondary N) is 1. The molecular weight excluding hydrogens is 296 g/mol. The fourth-order valence-corrected chi connectivity index (χ4v) is 3.48. The first-order valence-corrected chi connectivity index (χ1v) is 8.03. The predicted octanol–water partition coefficient (Wildman–Crippen LogP) is 4.86. The second-order valence-corrected chi connectivity index (χ2v) is 6.83. The standard InChI is InChI=1S/C21H20N2O/c1-14(24)23-19-10-9-15(13-22)11-17(19)18-12-21(2,3)20(18)16-7-5-4-6-8-16/h4-11H,12H2,1-3H3,(H,23,24). The smallest absolute Gasteiger partial charge is 0.221 e. The highest BCUT2D eigenvalue weighted by atomic mass is 16.1. The summed E-state index contributed by atoms with van der Waals surface area (Å²) in [6, 6.07) is 17.9.